The van der Waals surface area contributed by atoms with Crippen molar-refractivity contribution in [1.82, 2.24) is 0 Å². The van der Waals surface area contributed by atoms with E-state index in [1.54, 1.807) is 36.4 Å². The molecule has 0 saturated carbocycles. The predicted molar refractivity (Wildman–Crippen MR) is 103 cm³/mol. The molecule has 0 spiro atoms. The van der Waals surface area contributed by atoms with E-state index < -0.39 is 6.04 Å². The highest BCUT2D eigenvalue weighted by Gasteiger charge is 2.27. The summed E-state index contributed by atoms with van der Waals surface area (Å²) in [5, 5.41) is 13.0. The fraction of sp³-hybridized carbons (Fsp3) is 0.0476. The molecule has 0 fully saturated rings. The number of hydrogen-bond donors (Lipinski definition) is 2. The number of nitrogens with one attached hydrogen (secondary N) is 1. The number of phenols is 1. The van der Waals surface area contributed by atoms with Gasteiger partial charge in [-0.15, -0.1) is 0 Å². The van der Waals surface area contributed by atoms with Crippen LogP contribution in [0.1, 0.15) is 22.7 Å². The minimum Gasteiger partial charge on any atom is -0.508 e. The molecule has 3 aromatic carbocycles. The topological polar surface area (TPSA) is 61.7 Å². The molecule has 1 heterocycles. The summed E-state index contributed by atoms with van der Waals surface area (Å²) in [7, 11) is 0. The van der Waals surface area contributed by atoms with Crippen molar-refractivity contribution in [3.8, 4) is 5.75 Å². The minimum absolute atomic E-state index is 0.144. The molecule has 0 aromatic heterocycles. The third-order valence-electron chi connectivity index (χ3n) is 4.26. The van der Waals surface area contributed by atoms with Crippen LogP contribution in [0.5, 0.6) is 5.75 Å². The first-order valence-corrected chi connectivity index (χ1v) is 8.52. The lowest BCUT2D eigenvalue weighted by molar-refractivity contribution is -0.117. The number of phenolic OH excluding ortho intramolecular Hbond substituents is 1. The van der Waals surface area contributed by atoms with Crippen molar-refractivity contribution in [3.63, 3.8) is 0 Å². The van der Waals surface area contributed by atoms with Crippen LogP contribution in [0.4, 0.5) is 5.69 Å². The quantitative estimate of drug-likeness (QED) is 0.701. The average molecular weight is 363 g/mol. The number of anilines is 1. The smallest absolute Gasteiger partial charge is 0.253 e. The summed E-state index contributed by atoms with van der Waals surface area (Å²) in [5.74, 6) is -0.0877. The Hall–Kier alpha value is -3.11. The number of aromatic hydroxyl groups is 1. The number of amides is 1. The first kappa shape index (κ1) is 16.4. The first-order chi connectivity index (χ1) is 12.6. The van der Waals surface area contributed by atoms with Gasteiger partial charge in [-0.3, -0.25) is 9.79 Å². The van der Waals surface area contributed by atoms with Crippen molar-refractivity contribution >= 4 is 28.9 Å². The number of nitrogens with zero attached hydrogens (tertiary/aromatic N) is 1. The molecule has 4 nitrogen and oxygen atoms in total. The van der Waals surface area contributed by atoms with Crippen molar-refractivity contribution in [2.24, 2.45) is 4.99 Å². The average Bonchev–Trinajstić information content (AvgIpc) is 2.79. The molecule has 1 amide bonds. The maximum Gasteiger partial charge on any atom is 0.253 e. The summed E-state index contributed by atoms with van der Waals surface area (Å²) in [4.78, 5) is 17.6. The third kappa shape index (κ3) is 3.07. The number of fused-ring (bicyclic) bond motifs is 1. The van der Waals surface area contributed by atoms with Crippen LogP contribution in [-0.4, -0.2) is 16.7 Å². The number of carbonyl (C=O) groups excluding carboxylic acids is 1. The molecule has 26 heavy (non-hydrogen) atoms. The number of carbonyl (C=O) groups is 1. The van der Waals surface area contributed by atoms with Gasteiger partial charge in [0, 0.05) is 16.1 Å². The normalized spacial score (nSPS) is 16.3. The maximum atomic E-state index is 12.8. The summed E-state index contributed by atoms with van der Waals surface area (Å²) in [5.41, 5.74) is 3.74. The van der Waals surface area contributed by atoms with Crippen LogP contribution >= 0.6 is 11.6 Å². The van der Waals surface area contributed by atoms with E-state index in [1.165, 1.54) is 0 Å². The van der Waals surface area contributed by atoms with Crippen molar-refractivity contribution in [1.29, 1.82) is 0 Å². The lowest BCUT2D eigenvalue weighted by Gasteiger charge is -2.11. The Morgan fingerprint density at radius 2 is 1.69 bits per heavy atom. The van der Waals surface area contributed by atoms with Crippen LogP contribution in [-0.2, 0) is 4.79 Å². The maximum absolute atomic E-state index is 12.8. The summed E-state index contributed by atoms with van der Waals surface area (Å²) in [6.07, 6.45) is 0. The second-order valence-corrected chi connectivity index (χ2v) is 6.45. The van der Waals surface area contributed by atoms with Gasteiger partial charge in [0.05, 0.1) is 11.4 Å². The van der Waals surface area contributed by atoms with Gasteiger partial charge in [-0.25, -0.2) is 0 Å². The molecule has 3 aromatic rings. The molecule has 4 rings (SSSR count). The van der Waals surface area contributed by atoms with Crippen molar-refractivity contribution in [2.75, 3.05) is 5.32 Å². The molecular weight excluding hydrogens is 348 g/mol. The van der Waals surface area contributed by atoms with Gasteiger partial charge in [0.25, 0.3) is 5.91 Å². The Labute approximate surface area is 155 Å². The second kappa shape index (κ2) is 6.65. The van der Waals surface area contributed by atoms with Gasteiger partial charge < -0.3 is 10.4 Å². The third-order valence-corrected chi connectivity index (χ3v) is 4.49. The predicted octanol–water partition coefficient (Wildman–Crippen LogP) is 4.58. The molecule has 5 heteroatoms. The zero-order valence-electron chi connectivity index (χ0n) is 13.7. The minimum atomic E-state index is -0.725. The van der Waals surface area contributed by atoms with Crippen LogP contribution in [0.2, 0.25) is 5.02 Å². The standard InChI is InChI=1S/C21H15ClN2O2/c22-15-8-11-18-17(12-15)19(13-4-2-1-3-5-13)24-20(21(26)23-18)14-6-9-16(25)10-7-14/h1-12,20,25H,(H,23,26). The molecule has 1 aliphatic rings. The Balaban J connectivity index is 1.92. The number of benzene rings is 3. The Morgan fingerprint density at radius 1 is 0.962 bits per heavy atom. The molecule has 0 aliphatic carbocycles. The van der Waals surface area contributed by atoms with Gasteiger partial charge in [-0.1, -0.05) is 54.1 Å². The van der Waals surface area contributed by atoms with Gasteiger partial charge >= 0.3 is 0 Å². The number of halogens is 1. The summed E-state index contributed by atoms with van der Waals surface area (Å²) >= 11 is 6.19. The summed E-state index contributed by atoms with van der Waals surface area (Å²) in [6, 6.07) is 20.8. The van der Waals surface area contributed by atoms with Crippen LogP contribution in [0.15, 0.2) is 77.8 Å². The Morgan fingerprint density at radius 3 is 2.42 bits per heavy atom. The van der Waals surface area contributed by atoms with Crippen molar-refractivity contribution in [2.45, 2.75) is 6.04 Å². The van der Waals surface area contributed by atoms with E-state index in [0.717, 1.165) is 11.1 Å². The zero-order chi connectivity index (χ0) is 18.1. The highest BCUT2D eigenvalue weighted by atomic mass is 35.5. The fourth-order valence-electron chi connectivity index (χ4n) is 2.99. The number of aliphatic imine (C=N–C) groups is 1. The monoisotopic (exact) mass is 362 g/mol. The zero-order valence-corrected chi connectivity index (χ0v) is 14.4. The molecular formula is C21H15ClN2O2. The molecule has 128 valence electrons. The van der Waals surface area contributed by atoms with Crippen LogP contribution < -0.4 is 5.32 Å². The SMILES string of the molecule is O=C1Nc2ccc(Cl)cc2C(c2ccccc2)=NC1c1ccc(O)cc1. The molecule has 2 N–H and O–H groups in total. The van der Waals surface area contributed by atoms with Gasteiger partial charge in [0.1, 0.15) is 5.75 Å². The van der Waals surface area contributed by atoms with Crippen LogP contribution in [0.3, 0.4) is 0 Å². The number of benzodiazepines with no additional fused rings is 1. The van der Waals surface area contributed by atoms with Crippen LogP contribution in [0.25, 0.3) is 0 Å². The summed E-state index contributed by atoms with van der Waals surface area (Å²) in [6.45, 7) is 0. The number of rotatable bonds is 2. The van der Waals surface area contributed by atoms with E-state index in [4.69, 9.17) is 16.6 Å². The lowest BCUT2D eigenvalue weighted by atomic mass is 10.0. The van der Waals surface area contributed by atoms with Gasteiger partial charge in [-0.2, -0.15) is 0 Å². The Kier molecular flexibility index (Phi) is 4.19. The molecule has 0 saturated heterocycles. The van der Waals surface area contributed by atoms with Gasteiger partial charge in [0.15, 0.2) is 6.04 Å². The van der Waals surface area contributed by atoms with E-state index >= 15 is 0 Å². The Bertz CT molecular complexity index is 998. The second-order valence-electron chi connectivity index (χ2n) is 6.02. The molecule has 0 radical (unpaired) electrons. The fourth-order valence-corrected chi connectivity index (χ4v) is 3.16. The summed E-state index contributed by atoms with van der Waals surface area (Å²) < 4.78 is 0. The van der Waals surface area contributed by atoms with Crippen molar-refractivity contribution < 1.29 is 9.90 Å². The van der Waals surface area contributed by atoms with E-state index in [2.05, 4.69) is 5.32 Å². The highest BCUT2D eigenvalue weighted by Crippen LogP contribution is 2.32. The molecule has 1 unspecified atom stereocenters. The van der Waals surface area contributed by atoms with E-state index in [1.807, 2.05) is 36.4 Å². The first-order valence-electron chi connectivity index (χ1n) is 8.15. The highest BCUT2D eigenvalue weighted by molar-refractivity contribution is 6.32. The van der Waals surface area contributed by atoms with Crippen molar-refractivity contribution in [3.05, 3.63) is 94.5 Å². The van der Waals surface area contributed by atoms with E-state index in [9.17, 15) is 9.90 Å². The van der Waals surface area contributed by atoms with Crippen LogP contribution in [0, 0.1) is 0 Å². The largest absolute Gasteiger partial charge is 0.508 e. The van der Waals surface area contributed by atoms with Gasteiger partial charge in [-0.05, 0) is 35.9 Å². The van der Waals surface area contributed by atoms with E-state index in [-0.39, 0.29) is 11.7 Å². The number of hydrogen-bond acceptors (Lipinski definition) is 3. The molecule has 1 aliphatic heterocycles. The molecule has 1 atom stereocenters. The lowest BCUT2D eigenvalue weighted by Crippen LogP contribution is -2.18. The van der Waals surface area contributed by atoms with E-state index in [0.29, 0.717) is 22.0 Å². The molecule has 0 bridgehead atoms. The van der Waals surface area contributed by atoms with Gasteiger partial charge in [0.2, 0.25) is 0 Å².